The van der Waals surface area contributed by atoms with Crippen LogP contribution in [0.25, 0.3) is 11.0 Å². The van der Waals surface area contributed by atoms with E-state index >= 15 is 0 Å². The molecule has 0 aliphatic carbocycles. The number of hydrogen-bond acceptors (Lipinski definition) is 3. The molecular weight excluding hydrogens is 402 g/mol. The Bertz CT molecular complexity index is 1080. The Kier molecular flexibility index (Phi) is 4.94. The van der Waals surface area contributed by atoms with Gasteiger partial charge in [0.05, 0.1) is 22.8 Å². The smallest absolute Gasteiger partial charge is 0.148 e. The van der Waals surface area contributed by atoms with E-state index in [1.165, 1.54) is 5.56 Å². The van der Waals surface area contributed by atoms with E-state index in [0.29, 0.717) is 6.61 Å². The second-order valence-corrected chi connectivity index (χ2v) is 7.41. The molecule has 0 saturated heterocycles. The highest BCUT2D eigenvalue weighted by atomic mass is 79.9. The SMILES string of the molecule is Cc1ncccc1OCc1nc2ccc(Br)cc2n1C(C)c1ccccc1. The molecule has 1 atom stereocenters. The molecular formula is C22H20BrN3O. The van der Waals surface area contributed by atoms with Gasteiger partial charge in [0.15, 0.2) is 0 Å². The first-order valence-corrected chi connectivity index (χ1v) is 9.68. The van der Waals surface area contributed by atoms with Gasteiger partial charge in [-0.1, -0.05) is 46.3 Å². The fraction of sp³-hybridized carbons (Fsp3) is 0.182. The highest BCUT2D eigenvalue weighted by molar-refractivity contribution is 9.10. The predicted octanol–water partition coefficient (Wildman–Crippen LogP) is 5.69. The molecule has 0 aliphatic rings. The molecule has 1 unspecified atom stereocenters. The number of aromatic nitrogens is 3. The van der Waals surface area contributed by atoms with Crippen molar-refractivity contribution in [1.82, 2.24) is 14.5 Å². The molecule has 0 N–H and O–H groups in total. The van der Waals surface area contributed by atoms with Gasteiger partial charge in [0.1, 0.15) is 18.2 Å². The average Bonchev–Trinajstić information content (AvgIpc) is 3.05. The molecule has 0 fully saturated rings. The fourth-order valence-electron chi connectivity index (χ4n) is 3.29. The van der Waals surface area contributed by atoms with Gasteiger partial charge in [0.25, 0.3) is 0 Å². The van der Waals surface area contributed by atoms with Crippen molar-refractivity contribution in [2.75, 3.05) is 0 Å². The van der Waals surface area contributed by atoms with E-state index in [1.807, 2.05) is 37.3 Å². The third-order valence-corrected chi connectivity index (χ3v) is 5.20. The molecule has 0 amide bonds. The van der Waals surface area contributed by atoms with E-state index in [-0.39, 0.29) is 6.04 Å². The van der Waals surface area contributed by atoms with E-state index < -0.39 is 0 Å². The molecule has 2 aromatic carbocycles. The molecule has 0 radical (unpaired) electrons. The number of nitrogens with zero attached hydrogens (tertiary/aromatic N) is 3. The minimum absolute atomic E-state index is 0.138. The van der Waals surface area contributed by atoms with Crippen LogP contribution in [0.2, 0.25) is 0 Å². The Labute approximate surface area is 167 Å². The summed E-state index contributed by atoms with van der Waals surface area (Å²) in [4.78, 5) is 9.13. The van der Waals surface area contributed by atoms with Gasteiger partial charge in [0.2, 0.25) is 0 Å². The lowest BCUT2D eigenvalue weighted by Gasteiger charge is -2.19. The van der Waals surface area contributed by atoms with E-state index in [9.17, 15) is 0 Å². The first kappa shape index (κ1) is 17.7. The van der Waals surface area contributed by atoms with Crippen LogP contribution in [0.15, 0.2) is 71.3 Å². The quantitative estimate of drug-likeness (QED) is 0.415. The third kappa shape index (κ3) is 3.60. The van der Waals surface area contributed by atoms with Crippen LogP contribution >= 0.6 is 15.9 Å². The highest BCUT2D eigenvalue weighted by Crippen LogP contribution is 2.29. The minimum Gasteiger partial charge on any atom is -0.484 e. The van der Waals surface area contributed by atoms with E-state index in [0.717, 1.165) is 32.8 Å². The van der Waals surface area contributed by atoms with Gasteiger partial charge in [-0.15, -0.1) is 0 Å². The van der Waals surface area contributed by atoms with E-state index in [4.69, 9.17) is 9.72 Å². The molecule has 4 aromatic rings. The van der Waals surface area contributed by atoms with Crippen LogP contribution in [0.5, 0.6) is 5.75 Å². The van der Waals surface area contributed by atoms with Crippen LogP contribution in [0.3, 0.4) is 0 Å². The number of halogens is 1. The molecule has 4 nitrogen and oxygen atoms in total. The Morgan fingerprint density at radius 3 is 2.67 bits per heavy atom. The summed E-state index contributed by atoms with van der Waals surface area (Å²) < 4.78 is 9.34. The van der Waals surface area contributed by atoms with Crippen molar-refractivity contribution in [3.05, 3.63) is 88.4 Å². The van der Waals surface area contributed by atoms with Crippen molar-refractivity contribution >= 4 is 27.0 Å². The van der Waals surface area contributed by atoms with Crippen molar-refractivity contribution in [3.8, 4) is 5.75 Å². The summed E-state index contributed by atoms with van der Waals surface area (Å²) in [6, 6.07) is 20.6. The molecule has 0 aliphatic heterocycles. The number of pyridine rings is 1. The summed E-state index contributed by atoms with van der Waals surface area (Å²) in [5, 5.41) is 0. The number of imidazole rings is 1. The zero-order chi connectivity index (χ0) is 18.8. The second kappa shape index (κ2) is 7.53. The summed E-state index contributed by atoms with van der Waals surface area (Å²) in [5.41, 5.74) is 4.15. The maximum Gasteiger partial charge on any atom is 0.148 e. The van der Waals surface area contributed by atoms with Crippen molar-refractivity contribution in [2.24, 2.45) is 0 Å². The number of hydrogen-bond donors (Lipinski definition) is 0. The lowest BCUT2D eigenvalue weighted by Crippen LogP contribution is -2.13. The molecule has 0 spiro atoms. The highest BCUT2D eigenvalue weighted by Gasteiger charge is 2.18. The molecule has 4 rings (SSSR count). The summed E-state index contributed by atoms with van der Waals surface area (Å²) in [7, 11) is 0. The van der Waals surface area contributed by atoms with E-state index in [1.54, 1.807) is 6.20 Å². The van der Waals surface area contributed by atoms with Gasteiger partial charge in [0, 0.05) is 10.7 Å². The fourth-order valence-corrected chi connectivity index (χ4v) is 3.64. The third-order valence-electron chi connectivity index (χ3n) is 4.71. The zero-order valence-electron chi connectivity index (χ0n) is 15.3. The molecule has 5 heteroatoms. The van der Waals surface area contributed by atoms with Gasteiger partial charge < -0.3 is 9.30 Å². The van der Waals surface area contributed by atoms with Crippen LogP contribution in [-0.2, 0) is 6.61 Å². The van der Waals surface area contributed by atoms with Crippen molar-refractivity contribution in [2.45, 2.75) is 26.5 Å². The van der Waals surface area contributed by atoms with Crippen LogP contribution < -0.4 is 4.74 Å². The maximum atomic E-state index is 6.05. The largest absolute Gasteiger partial charge is 0.484 e. The minimum atomic E-state index is 0.138. The van der Waals surface area contributed by atoms with Crippen LogP contribution in [0.1, 0.15) is 30.0 Å². The monoisotopic (exact) mass is 421 g/mol. The van der Waals surface area contributed by atoms with Gasteiger partial charge in [-0.3, -0.25) is 4.98 Å². The summed E-state index contributed by atoms with van der Waals surface area (Å²) in [6.45, 7) is 4.52. The number of fused-ring (bicyclic) bond motifs is 1. The Balaban J connectivity index is 1.76. The Morgan fingerprint density at radius 2 is 1.89 bits per heavy atom. The number of aryl methyl sites for hydroxylation is 1. The van der Waals surface area contributed by atoms with Crippen LogP contribution in [0, 0.1) is 6.92 Å². The van der Waals surface area contributed by atoms with Gasteiger partial charge in [-0.25, -0.2) is 4.98 Å². The maximum absolute atomic E-state index is 6.05. The van der Waals surface area contributed by atoms with Crippen molar-refractivity contribution < 1.29 is 4.74 Å². The molecule has 2 heterocycles. The number of ether oxygens (including phenoxy) is 1. The van der Waals surface area contributed by atoms with Crippen LogP contribution in [0.4, 0.5) is 0 Å². The standard InChI is InChI=1S/C22H20BrN3O/c1-15-21(9-6-12-24-15)27-14-22-25-19-11-10-18(23)13-20(19)26(22)16(2)17-7-4-3-5-8-17/h3-13,16H,14H2,1-2H3. The first-order valence-electron chi connectivity index (χ1n) is 8.89. The van der Waals surface area contributed by atoms with Gasteiger partial charge >= 0.3 is 0 Å². The summed E-state index contributed by atoms with van der Waals surface area (Å²) in [6.07, 6.45) is 1.77. The number of benzene rings is 2. The number of rotatable bonds is 5. The molecule has 136 valence electrons. The lowest BCUT2D eigenvalue weighted by atomic mass is 10.1. The van der Waals surface area contributed by atoms with Gasteiger partial charge in [-0.2, -0.15) is 0 Å². The summed E-state index contributed by atoms with van der Waals surface area (Å²) >= 11 is 3.59. The Hall–Kier alpha value is -2.66. The molecule has 27 heavy (non-hydrogen) atoms. The zero-order valence-corrected chi connectivity index (χ0v) is 16.8. The van der Waals surface area contributed by atoms with Crippen LogP contribution in [-0.4, -0.2) is 14.5 Å². The topological polar surface area (TPSA) is 39.9 Å². The molecule has 2 aromatic heterocycles. The lowest BCUT2D eigenvalue weighted by molar-refractivity contribution is 0.285. The van der Waals surface area contributed by atoms with Crippen molar-refractivity contribution in [1.29, 1.82) is 0 Å². The Morgan fingerprint density at radius 1 is 1.07 bits per heavy atom. The summed E-state index contributed by atoms with van der Waals surface area (Å²) in [5.74, 6) is 1.67. The second-order valence-electron chi connectivity index (χ2n) is 6.49. The average molecular weight is 422 g/mol. The normalized spacial score (nSPS) is 12.3. The predicted molar refractivity (Wildman–Crippen MR) is 111 cm³/mol. The first-order chi connectivity index (χ1) is 13.1. The molecule has 0 bridgehead atoms. The van der Waals surface area contributed by atoms with Gasteiger partial charge in [-0.05, 0) is 49.7 Å². The van der Waals surface area contributed by atoms with E-state index in [2.05, 4.69) is 62.7 Å². The van der Waals surface area contributed by atoms with Crippen molar-refractivity contribution in [3.63, 3.8) is 0 Å². The molecule has 0 saturated carbocycles.